The van der Waals surface area contributed by atoms with Gasteiger partial charge in [-0.1, -0.05) is 6.07 Å². The van der Waals surface area contributed by atoms with Gasteiger partial charge in [-0.15, -0.1) is 0 Å². The van der Waals surface area contributed by atoms with E-state index in [2.05, 4.69) is 10.9 Å². The zero-order valence-corrected chi connectivity index (χ0v) is 17.7. The van der Waals surface area contributed by atoms with Crippen LogP contribution in [0.25, 0.3) is 0 Å². The van der Waals surface area contributed by atoms with Crippen LogP contribution in [0.15, 0.2) is 30.3 Å². The lowest BCUT2D eigenvalue weighted by Crippen LogP contribution is -2.41. The van der Waals surface area contributed by atoms with Crippen molar-refractivity contribution in [3.63, 3.8) is 0 Å². The van der Waals surface area contributed by atoms with E-state index in [9.17, 15) is 9.59 Å². The average molecular weight is 418 g/mol. The first-order chi connectivity index (χ1) is 14.5. The predicted molar refractivity (Wildman–Crippen MR) is 110 cm³/mol. The molecule has 0 heterocycles. The van der Waals surface area contributed by atoms with Crippen LogP contribution in [0.3, 0.4) is 0 Å². The Labute approximate surface area is 175 Å². The van der Waals surface area contributed by atoms with Crippen LogP contribution in [0.5, 0.6) is 28.7 Å². The molecule has 0 saturated heterocycles. The highest BCUT2D eigenvalue weighted by atomic mass is 16.5. The van der Waals surface area contributed by atoms with Crippen molar-refractivity contribution in [2.75, 3.05) is 35.5 Å². The van der Waals surface area contributed by atoms with Crippen molar-refractivity contribution in [1.82, 2.24) is 10.9 Å². The number of carbonyl (C=O) groups excluding carboxylic acids is 2. The molecule has 0 radical (unpaired) electrons. The number of nitrogens with one attached hydrogen (secondary N) is 2. The first-order valence-corrected chi connectivity index (χ1v) is 9.07. The minimum atomic E-state index is -0.520. The Morgan fingerprint density at radius 1 is 0.733 bits per heavy atom. The van der Waals surface area contributed by atoms with Gasteiger partial charge in [-0.2, -0.15) is 0 Å². The minimum absolute atomic E-state index is 0.172. The standard InChI is InChI=1S/C21H26N2O7/c1-26-15-8-6-13(10-16(15)27-2)7-9-19(24)22-23-21(25)14-11-17(28-3)20(30-5)18(12-14)29-4/h6,8,10-12H,7,9H2,1-5H3,(H,22,24)(H,23,25). The van der Waals surface area contributed by atoms with E-state index >= 15 is 0 Å². The first-order valence-electron chi connectivity index (χ1n) is 9.07. The molecule has 30 heavy (non-hydrogen) atoms. The van der Waals surface area contributed by atoms with Gasteiger partial charge in [0.2, 0.25) is 11.7 Å². The van der Waals surface area contributed by atoms with Gasteiger partial charge < -0.3 is 23.7 Å². The SMILES string of the molecule is COc1ccc(CCC(=O)NNC(=O)c2cc(OC)c(OC)c(OC)c2)cc1OC. The lowest BCUT2D eigenvalue weighted by atomic mass is 10.1. The van der Waals surface area contributed by atoms with Gasteiger partial charge in [0.25, 0.3) is 5.91 Å². The summed E-state index contributed by atoms with van der Waals surface area (Å²) < 4.78 is 26.1. The van der Waals surface area contributed by atoms with Gasteiger partial charge in [0.1, 0.15) is 0 Å². The molecule has 2 amide bonds. The van der Waals surface area contributed by atoms with Crippen LogP contribution in [0.1, 0.15) is 22.3 Å². The third-order valence-corrected chi connectivity index (χ3v) is 4.33. The summed E-state index contributed by atoms with van der Waals surface area (Å²) in [4.78, 5) is 24.5. The maximum atomic E-state index is 12.4. The van der Waals surface area contributed by atoms with Gasteiger partial charge in [-0.25, -0.2) is 0 Å². The van der Waals surface area contributed by atoms with E-state index in [1.54, 1.807) is 26.4 Å². The Hall–Kier alpha value is -3.62. The smallest absolute Gasteiger partial charge is 0.269 e. The number of benzene rings is 2. The summed E-state index contributed by atoms with van der Waals surface area (Å²) in [5.41, 5.74) is 5.92. The number of ether oxygens (including phenoxy) is 5. The molecule has 0 fully saturated rings. The molecule has 2 N–H and O–H groups in total. The summed E-state index contributed by atoms with van der Waals surface area (Å²) in [6.45, 7) is 0. The molecule has 2 aromatic carbocycles. The quantitative estimate of drug-likeness (QED) is 0.601. The Kier molecular flexibility index (Phi) is 8.16. The van der Waals surface area contributed by atoms with Gasteiger partial charge in [0, 0.05) is 12.0 Å². The summed E-state index contributed by atoms with van der Waals surface area (Å²) in [6.07, 6.45) is 0.636. The molecule has 162 valence electrons. The van der Waals surface area contributed by atoms with E-state index in [-0.39, 0.29) is 17.9 Å². The van der Waals surface area contributed by atoms with Crippen LogP contribution in [0.4, 0.5) is 0 Å². The molecule has 0 unspecified atom stereocenters. The monoisotopic (exact) mass is 418 g/mol. The minimum Gasteiger partial charge on any atom is -0.493 e. The Morgan fingerprint density at radius 3 is 1.87 bits per heavy atom. The first kappa shape index (κ1) is 22.7. The number of hydrazine groups is 1. The van der Waals surface area contributed by atoms with Crippen LogP contribution in [-0.2, 0) is 11.2 Å². The van der Waals surface area contributed by atoms with Crippen LogP contribution in [0, 0.1) is 0 Å². The fraction of sp³-hybridized carbons (Fsp3) is 0.333. The van der Waals surface area contributed by atoms with E-state index in [4.69, 9.17) is 23.7 Å². The second-order valence-corrected chi connectivity index (χ2v) is 6.11. The van der Waals surface area contributed by atoms with Crippen molar-refractivity contribution in [1.29, 1.82) is 0 Å². The molecule has 0 bridgehead atoms. The molecule has 0 saturated carbocycles. The number of hydrogen-bond acceptors (Lipinski definition) is 7. The van der Waals surface area contributed by atoms with Gasteiger partial charge in [0.15, 0.2) is 23.0 Å². The molecule has 0 aromatic heterocycles. The van der Waals surface area contributed by atoms with Crippen molar-refractivity contribution in [2.24, 2.45) is 0 Å². The molecule has 9 nitrogen and oxygen atoms in total. The van der Waals surface area contributed by atoms with Gasteiger partial charge in [-0.05, 0) is 36.2 Å². The molecule has 0 aliphatic heterocycles. The number of hydrogen-bond donors (Lipinski definition) is 2. The van der Waals surface area contributed by atoms with E-state index in [0.29, 0.717) is 35.2 Å². The van der Waals surface area contributed by atoms with Gasteiger partial charge in [-0.3, -0.25) is 20.4 Å². The molecule has 0 aliphatic carbocycles. The van der Waals surface area contributed by atoms with E-state index < -0.39 is 5.91 Å². The van der Waals surface area contributed by atoms with Crippen LogP contribution in [0.2, 0.25) is 0 Å². The van der Waals surface area contributed by atoms with Crippen molar-refractivity contribution >= 4 is 11.8 Å². The second kappa shape index (κ2) is 10.8. The normalized spacial score (nSPS) is 10.0. The lowest BCUT2D eigenvalue weighted by Gasteiger charge is -2.14. The fourth-order valence-electron chi connectivity index (χ4n) is 2.77. The summed E-state index contributed by atoms with van der Waals surface area (Å²) >= 11 is 0. The number of amides is 2. The molecule has 2 rings (SSSR count). The second-order valence-electron chi connectivity index (χ2n) is 6.11. The average Bonchev–Trinajstić information content (AvgIpc) is 2.79. The Bertz CT molecular complexity index is 874. The van der Waals surface area contributed by atoms with Crippen LogP contribution in [-0.4, -0.2) is 47.4 Å². The van der Waals surface area contributed by atoms with Crippen molar-refractivity contribution < 1.29 is 33.3 Å². The largest absolute Gasteiger partial charge is 0.493 e. The lowest BCUT2D eigenvalue weighted by molar-refractivity contribution is -0.121. The molecule has 9 heteroatoms. The molecule has 2 aromatic rings. The third kappa shape index (κ3) is 5.47. The van der Waals surface area contributed by atoms with E-state index in [1.165, 1.54) is 33.5 Å². The number of methoxy groups -OCH3 is 5. The summed E-state index contributed by atoms with van der Waals surface area (Å²) in [7, 11) is 7.48. The highest BCUT2D eigenvalue weighted by molar-refractivity contribution is 5.96. The summed E-state index contributed by atoms with van der Waals surface area (Å²) in [5.74, 6) is 1.38. The van der Waals surface area contributed by atoms with Crippen LogP contribution < -0.4 is 34.5 Å². The molecule has 0 spiro atoms. The van der Waals surface area contributed by atoms with Gasteiger partial charge >= 0.3 is 0 Å². The zero-order valence-electron chi connectivity index (χ0n) is 17.7. The van der Waals surface area contributed by atoms with Gasteiger partial charge in [0.05, 0.1) is 35.5 Å². The molecular formula is C21H26N2O7. The number of aryl methyl sites for hydroxylation is 1. The zero-order chi connectivity index (χ0) is 22.1. The maximum absolute atomic E-state index is 12.4. The third-order valence-electron chi connectivity index (χ3n) is 4.33. The number of rotatable bonds is 9. The molecule has 0 aliphatic rings. The summed E-state index contributed by atoms with van der Waals surface area (Å²) in [5, 5.41) is 0. The molecule has 0 atom stereocenters. The maximum Gasteiger partial charge on any atom is 0.269 e. The van der Waals surface area contributed by atoms with Crippen molar-refractivity contribution in [3.8, 4) is 28.7 Å². The topological polar surface area (TPSA) is 104 Å². The van der Waals surface area contributed by atoms with Crippen molar-refractivity contribution in [3.05, 3.63) is 41.5 Å². The van der Waals surface area contributed by atoms with E-state index in [1.807, 2.05) is 6.07 Å². The Balaban J connectivity index is 1.95. The molecular weight excluding hydrogens is 392 g/mol. The number of carbonyl (C=O) groups is 2. The fourth-order valence-corrected chi connectivity index (χ4v) is 2.77. The van der Waals surface area contributed by atoms with Crippen molar-refractivity contribution in [2.45, 2.75) is 12.8 Å². The van der Waals surface area contributed by atoms with Crippen LogP contribution >= 0.6 is 0 Å². The highest BCUT2D eigenvalue weighted by Crippen LogP contribution is 2.38. The predicted octanol–water partition coefficient (Wildman–Crippen LogP) is 2.12. The van der Waals surface area contributed by atoms with E-state index in [0.717, 1.165) is 5.56 Å². The highest BCUT2D eigenvalue weighted by Gasteiger charge is 2.17. The summed E-state index contributed by atoms with van der Waals surface area (Å²) in [6, 6.07) is 8.42. The Morgan fingerprint density at radius 2 is 1.33 bits per heavy atom.